The van der Waals surface area contributed by atoms with Gasteiger partial charge in [0, 0.05) is 70.1 Å². The number of piperazine rings is 2. The van der Waals surface area contributed by atoms with Crippen molar-refractivity contribution in [2.45, 2.75) is 60.8 Å². The molecule has 3 aliphatic heterocycles. The smallest absolute Gasteiger partial charge is 0.149 e. The van der Waals surface area contributed by atoms with Gasteiger partial charge in [0.1, 0.15) is 17.3 Å². The Bertz CT molecular complexity index is 612. The van der Waals surface area contributed by atoms with E-state index in [4.69, 9.17) is 0 Å². The first-order valence-electron chi connectivity index (χ1n) is 14.6. The third-order valence-electron chi connectivity index (χ3n) is 7.32. The van der Waals surface area contributed by atoms with Crippen molar-refractivity contribution in [3.8, 4) is 0 Å². The fourth-order valence-electron chi connectivity index (χ4n) is 4.20. The highest BCUT2D eigenvalue weighted by molar-refractivity contribution is 5.83. The summed E-state index contributed by atoms with van der Waals surface area (Å²) in [5, 5.41) is 3.26. The summed E-state index contributed by atoms with van der Waals surface area (Å²) >= 11 is 0. The van der Waals surface area contributed by atoms with Crippen LogP contribution in [0.5, 0.6) is 0 Å². The Morgan fingerprint density at radius 3 is 1.27 bits per heavy atom. The molecule has 3 fully saturated rings. The molecule has 0 atom stereocenters. The monoisotopic (exact) mass is 523 g/mol. The summed E-state index contributed by atoms with van der Waals surface area (Å²) in [5.41, 5.74) is 0. The Labute approximate surface area is 227 Å². The number of rotatable bonds is 9. The second kappa shape index (κ2) is 19.0. The predicted octanol–water partition coefficient (Wildman–Crippen LogP) is 2.27. The van der Waals surface area contributed by atoms with E-state index in [0.29, 0.717) is 37.0 Å². The Morgan fingerprint density at radius 1 is 0.541 bits per heavy atom. The summed E-state index contributed by atoms with van der Waals surface area (Å²) in [6, 6.07) is 0. The maximum absolute atomic E-state index is 11.4. The van der Waals surface area contributed by atoms with Gasteiger partial charge in [0.05, 0.1) is 19.6 Å². The zero-order chi connectivity index (χ0) is 27.8. The molecule has 8 nitrogen and oxygen atoms in total. The van der Waals surface area contributed by atoms with Gasteiger partial charge >= 0.3 is 0 Å². The lowest BCUT2D eigenvalue weighted by Gasteiger charge is -2.32. The number of carbonyl (C=O) groups excluding carboxylic acids is 3. The number of likely N-dealkylation sites (N-methyl/N-ethyl adjacent to an activating group) is 1. The molecule has 0 aromatic rings. The molecule has 1 N–H and O–H groups in total. The number of nitrogens with one attached hydrogen (secondary N) is 1. The van der Waals surface area contributed by atoms with Crippen LogP contribution in [0.3, 0.4) is 0 Å². The van der Waals surface area contributed by atoms with E-state index in [1.807, 2.05) is 41.5 Å². The van der Waals surface area contributed by atoms with E-state index in [9.17, 15) is 14.4 Å². The lowest BCUT2D eigenvalue weighted by molar-refractivity contribution is -0.124. The number of hydrogen-bond donors (Lipinski definition) is 1. The number of carbonyl (C=O) groups is 3. The molecule has 8 heteroatoms. The van der Waals surface area contributed by atoms with E-state index in [1.165, 1.54) is 19.3 Å². The zero-order valence-corrected chi connectivity index (χ0v) is 25.1. The maximum atomic E-state index is 11.4. The van der Waals surface area contributed by atoms with Crippen molar-refractivity contribution in [3.05, 3.63) is 0 Å². The van der Waals surface area contributed by atoms with Crippen LogP contribution in [0.4, 0.5) is 0 Å². The van der Waals surface area contributed by atoms with Crippen LogP contribution in [0.1, 0.15) is 60.8 Å². The van der Waals surface area contributed by atoms with Crippen molar-refractivity contribution in [3.63, 3.8) is 0 Å². The summed E-state index contributed by atoms with van der Waals surface area (Å²) < 4.78 is 0. The minimum atomic E-state index is 0.180. The van der Waals surface area contributed by atoms with E-state index in [1.54, 1.807) is 0 Å². The molecule has 0 aromatic heterocycles. The molecule has 0 spiro atoms. The van der Waals surface area contributed by atoms with Crippen LogP contribution in [0.2, 0.25) is 0 Å². The second-order valence-electron chi connectivity index (χ2n) is 11.8. The number of hydrogen-bond acceptors (Lipinski definition) is 8. The second-order valence-corrected chi connectivity index (χ2v) is 11.8. The number of piperidine rings is 1. The molecular formula is C29H57N5O3. The fraction of sp³-hybridized carbons (Fsp3) is 0.897. The Kier molecular flexibility index (Phi) is 17.3. The van der Waals surface area contributed by atoms with Gasteiger partial charge in [0.2, 0.25) is 0 Å². The van der Waals surface area contributed by atoms with Gasteiger partial charge in [-0.25, -0.2) is 0 Å². The normalized spacial score (nSPS) is 20.3. The molecule has 216 valence electrons. The molecule has 0 amide bonds. The summed E-state index contributed by atoms with van der Waals surface area (Å²) in [4.78, 5) is 43.2. The van der Waals surface area contributed by atoms with Crippen molar-refractivity contribution in [1.29, 1.82) is 0 Å². The molecule has 0 radical (unpaired) electrons. The average molecular weight is 524 g/mol. The Hall–Kier alpha value is -1.19. The molecule has 0 aromatic carbocycles. The van der Waals surface area contributed by atoms with E-state index in [2.05, 4.69) is 32.0 Å². The molecule has 3 aliphatic rings. The van der Waals surface area contributed by atoms with Crippen molar-refractivity contribution >= 4 is 17.3 Å². The number of ketones is 3. The van der Waals surface area contributed by atoms with Gasteiger partial charge in [0.25, 0.3) is 0 Å². The lowest BCUT2D eigenvalue weighted by atomic mass is 10.1. The van der Waals surface area contributed by atoms with Gasteiger partial charge < -0.3 is 10.2 Å². The molecule has 0 unspecified atom stereocenters. The van der Waals surface area contributed by atoms with Crippen LogP contribution in [0.25, 0.3) is 0 Å². The summed E-state index contributed by atoms with van der Waals surface area (Å²) in [6.45, 7) is 24.3. The molecule has 0 saturated carbocycles. The minimum Gasteiger partial charge on any atom is -0.314 e. The Balaban J connectivity index is 0.000000278. The summed E-state index contributed by atoms with van der Waals surface area (Å²) in [5.74, 6) is 1.67. The molecule has 3 rings (SSSR count). The zero-order valence-electron chi connectivity index (χ0n) is 25.1. The van der Waals surface area contributed by atoms with Crippen molar-refractivity contribution in [2.75, 3.05) is 92.1 Å². The first-order chi connectivity index (χ1) is 17.5. The summed E-state index contributed by atoms with van der Waals surface area (Å²) in [6.07, 6.45) is 3.88. The SMILES string of the molecule is CC(C)C(=O)CN1CCCCC1.CC(C)C(=O)CN1CCN(C)CC1.CC(C)C(=O)CN1CCNCC1. The van der Waals surface area contributed by atoms with Gasteiger partial charge in [-0.2, -0.15) is 0 Å². The molecule has 3 heterocycles. The van der Waals surface area contributed by atoms with Crippen molar-refractivity contribution in [1.82, 2.24) is 24.9 Å². The van der Waals surface area contributed by atoms with E-state index in [0.717, 1.165) is 65.4 Å². The third kappa shape index (κ3) is 15.7. The lowest BCUT2D eigenvalue weighted by Crippen LogP contribution is -2.46. The first kappa shape index (κ1) is 33.8. The molecule has 0 bridgehead atoms. The Morgan fingerprint density at radius 2 is 0.892 bits per heavy atom. The maximum Gasteiger partial charge on any atom is 0.149 e. The molecule has 0 aliphatic carbocycles. The average Bonchev–Trinajstić information content (AvgIpc) is 2.87. The topological polar surface area (TPSA) is 76.2 Å². The molecular weight excluding hydrogens is 466 g/mol. The van der Waals surface area contributed by atoms with Gasteiger partial charge in [-0.05, 0) is 33.0 Å². The van der Waals surface area contributed by atoms with Gasteiger partial charge in [0.15, 0.2) is 0 Å². The van der Waals surface area contributed by atoms with Crippen LogP contribution < -0.4 is 5.32 Å². The van der Waals surface area contributed by atoms with Crippen molar-refractivity contribution in [2.24, 2.45) is 17.8 Å². The van der Waals surface area contributed by atoms with Crippen LogP contribution in [0, 0.1) is 17.8 Å². The van der Waals surface area contributed by atoms with Crippen LogP contribution in [-0.4, -0.2) is 129 Å². The first-order valence-corrected chi connectivity index (χ1v) is 14.6. The van der Waals surface area contributed by atoms with Gasteiger partial charge in [-0.3, -0.25) is 29.1 Å². The third-order valence-corrected chi connectivity index (χ3v) is 7.32. The van der Waals surface area contributed by atoms with Gasteiger partial charge in [-0.15, -0.1) is 0 Å². The standard InChI is InChI=1S/C10H20N2O.C10H19NO.C9H18N2O/c1-9(2)10(13)8-12-6-4-11(3)5-7-12;1-9(2)10(12)8-11-6-4-3-5-7-11;1-8(2)9(12)7-11-5-3-10-4-6-11/h9H,4-8H2,1-3H3;9H,3-8H2,1-2H3;8,10H,3-7H2,1-2H3. The number of likely N-dealkylation sites (tertiary alicyclic amines) is 1. The highest BCUT2D eigenvalue weighted by Gasteiger charge is 2.18. The van der Waals surface area contributed by atoms with Gasteiger partial charge in [-0.1, -0.05) is 48.0 Å². The summed E-state index contributed by atoms with van der Waals surface area (Å²) in [7, 11) is 2.13. The largest absolute Gasteiger partial charge is 0.314 e. The van der Waals surface area contributed by atoms with Crippen molar-refractivity contribution < 1.29 is 14.4 Å². The number of Topliss-reactive ketones (excluding diaryl/α,β-unsaturated/α-hetero) is 3. The highest BCUT2D eigenvalue weighted by Crippen LogP contribution is 2.09. The van der Waals surface area contributed by atoms with Crippen LogP contribution in [0.15, 0.2) is 0 Å². The molecule has 3 saturated heterocycles. The van der Waals surface area contributed by atoms with Crippen LogP contribution >= 0.6 is 0 Å². The predicted molar refractivity (Wildman–Crippen MR) is 153 cm³/mol. The number of nitrogens with zero attached hydrogens (tertiary/aromatic N) is 4. The molecule has 37 heavy (non-hydrogen) atoms. The quantitative estimate of drug-likeness (QED) is 0.493. The minimum absolute atomic E-state index is 0.180. The van der Waals surface area contributed by atoms with E-state index < -0.39 is 0 Å². The fourth-order valence-corrected chi connectivity index (χ4v) is 4.20. The highest BCUT2D eigenvalue weighted by atomic mass is 16.1. The van der Waals surface area contributed by atoms with E-state index in [-0.39, 0.29) is 17.8 Å². The van der Waals surface area contributed by atoms with E-state index >= 15 is 0 Å². The van der Waals surface area contributed by atoms with Crippen LogP contribution in [-0.2, 0) is 14.4 Å².